The lowest BCUT2D eigenvalue weighted by Crippen LogP contribution is -2.31. The van der Waals surface area contributed by atoms with Crippen molar-refractivity contribution in [1.82, 2.24) is 10.6 Å². The van der Waals surface area contributed by atoms with Gasteiger partial charge in [-0.25, -0.2) is 0 Å². The van der Waals surface area contributed by atoms with E-state index in [1.54, 1.807) is 7.05 Å². The molecular formula is C13H17N3O2. The molecule has 5 nitrogen and oxygen atoms in total. The molecule has 1 amide bonds. The number of carbonyl (C=O) groups excluding carboxylic acids is 1. The Morgan fingerprint density at radius 2 is 2.33 bits per heavy atom. The topological polar surface area (TPSA) is 62.7 Å². The van der Waals surface area contributed by atoms with E-state index in [1.807, 2.05) is 24.3 Å². The minimum absolute atomic E-state index is 0.0147. The van der Waals surface area contributed by atoms with Gasteiger partial charge in [-0.15, -0.1) is 0 Å². The van der Waals surface area contributed by atoms with E-state index in [0.717, 1.165) is 30.9 Å². The fourth-order valence-corrected chi connectivity index (χ4v) is 1.72. The van der Waals surface area contributed by atoms with E-state index in [4.69, 9.17) is 4.74 Å². The SMILES string of the molecule is CNC(=O)COc1ccccc1C1=NCCCN1. The number of nitrogens with one attached hydrogen (secondary N) is 2. The number of nitrogens with zero attached hydrogens (tertiary/aromatic N) is 1. The Hall–Kier alpha value is -2.04. The smallest absolute Gasteiger partial charge is 0.257 e. The van der Waals surface area contributed by atoms with Gasteiger partial charge in [-0.2, -0.15) is 0 Å². The van der Waals surface area contributed by atoms with Crippen LogP contribution in [0.15, 0.2) is 29.3 Å². The number of hydrogen-bond donors (Lipinski definition) is 2. The maximum atomic E-state index is 11.2. The standard InChI is InChI=1S/C13H17N3O2/c1-14-12(17)9-18-11-6-3-2-5-10(11)13-15-7-4-8-16-13/h2-3,5-6H,4,7-9H2,1H3,(H,14,17)(H,15,16). The summed E-state index contributed by atoms with van der Waals surface area (Å²) in [7, 11) is 1.59. The molecule has 2 rings (SSSR count). The summed E-state index contributed by atoms with van der Waals surface area (Å²) in [6.07, 6.45) is 1.05. The van der Waals surface area contributed by atoms with Gasteiger partial charge in [0.25, 0.3) is 5.91 Å². The molecule has 0 bridgehead atoms. The molecule has 0 aliphatic carbocycles. The van der Waals surface area contributed by atoms with Crippen LogP contribution in [0.3, 0.4) is 0 Å². The van der Waals surface area contributed by atoms with Crippen molar-refractivity contribution in [2.45, 2.75) is 6.42 Å². The van der Waals surface area contributed by atoms with Crippen LogP contribution in [-0.2, 0) is 4.79 Å². The molecule has 1 aromatic rings. The summed E-state index contributed by atoms with van der Waals surface area (Å²) >= 11 is 0. The van der Waals surface area contributed by atoms with E-state index in [0.29, 0.717) is 5.75 Å². The molecule has 0 unspecified atom stereocenters. The number of ether oxygens (including phenoxy) is 1. The Labute approximate surface area is 106 Å². The highest BCUT2D eigenvalue weighted by Crippen LogP contribution is 2.19. The van der Waals surface area contributed by atoms with Crippen molar-refractivity contribution < 1.29 is 9.53 Å². The van der Waals surface area contributed by atoms with Gasteiger partial charge < -0.3 is 15.4 Å². The maximum absolute atomic E-state index is 11.2. The predicted molar refractivity (Wildman–Crippen MR) is 70.0 cm³/mol. The number of amides is 1. The lowest BCUT2D eigenvalue weighted by atomic mass is 10.1. The van der Waals surface area contributed by atoms with Crippen molar-refractivity contribution >= 4 is 11.7 Å². The van der Waals surface area contributed by atoms with Crippen LogP contribution < -0.4 is 15.4 Å². The van der Waals surface area contributed by atoms with Crippen molar-refractivity contribution in [3.05, 3.63) is 29.8 Å². The summed E-state index contributed by atoms with van der Waals surface area (Å²) in [6, 6.07) is 7.60. The van der Waals surface area contributed by atoms with Gasteiger partial charge in [-0.3, -0.25) is 9.79 Å². The normalized spacial score (nSPS) is 14.4. The first-order valence-electron chi connectivity index (χ1n) is 6.02. The van der Waals surface area contributed by atoms with Crippen LogP contribution in [0.1, 0.15) is 12.0 Å². The molecule has 1 aliphatic rings. The number of para-hydroxylation sites is 1. The molecule has 0 atom stereocenters. The molecule has 1 heterocycles. The van der Waals surface area contributed by atoms with Gasteiger partial charge in [0, 0.05) is 20.1 Å². The minimum Gasteiger partial charge on any atom is -0.483 e. The molecule has 0 saturated carbocycles. The second-order valence-electron chi connectivity index (χ2n) is 3.97. The van der Waals surface area contributed by atoms with Gasteiger partial charge in [0.15, 0.2) is 6.61 Å². The summed E-state index contributed by atoms with van der Waals surface area (Å²) in [5.74, 6) is 1.37. The molecule has 0 aromatic heterocycles. The predicted octanol–water partition coefficient (Wildman–Crippen LogP) is 0.551. The zero-order valence-electron chi connectivity index (χ0n) is 10.4. The van der Waals surface area contributed by atoms with Crippen LogP contribution in [0, 0.1) is 0 Å². The number of rotatable bonds is 4. The van der Waals surface area contributed by atoms with Gasteiger partial charge in [-0.05, 0) is 18.6 Å². The Morgan fingerprint density at radius 3 is 3.06 bits per heavy atom. The molecule has 1 aromatic carbocycles. The maximum Gasteiger partial charge on any atom is 0.257 e. The lowest BCUT2D eigenvalue weighted by Gasteiger charge is -2.17. The number of carbonyl (C=O) groups is 1. The Bertz CT molecular complexity index is 457. The first kappa shape index (κ1) is 12.4. The molecule has 5 heteroatoms. The zero-order chi connectivity index (χ0) is 12.8. The fraction of sp³-hybridized carbons (Fsp3) is 0.385. The molecule has 0 spiro atoms. The van der Waals surface area contributed by atoms with Gasteiger partial charge >= 0.3 is 0 Å². The highest BCUT2D eigenvalue weighted by molar-refractivity contribution is 6.01. The van der Waals surface area contributed by atoms with Crippen LogP contribution in [0.2, 0.25) is 0 Å². The first-order chi connectivity index (χ1) is 8.81. The Kier molecular flexibility index (Phi) is 4.17. The average molecular weight is 247 g/mol. The lowest BCUT2D eigenvalue weighted by molar-refractivity contribution is -0.122. The van der Waals surface area contributed by atoms with E-state index in [9.17, 15) is 4.79 Å². The Morgan fingerprint density at radius 1 is 1.50 bits per heavy atom. The summed E-state index contributed by atoms with van der Waals surface area (Å²) in [5, 5.41) is 5.77. The van der Waals surface area contributed by atoms with Crippen LogP contribution in [0.4, 0.5) is 0 Å². The van der Waals surface area contributed by atoms with E-state index < -0.39 is 0 Å². The van der Waals surface area contributed by atoms with E-state index >= 15 is 0 Å². The summed E-state index contributed by atoms with van der Waals surface area (Å²) < 4.78 is 5.51. The third-order valence-corrected chi connectivity index (χ3v) is 2.68. The summed E-state index contributed by atoms with van der Waals surface area (Å²) in [4.78, 5) is 15.6. The van der Waals surface area contributed by atoms with Crippen LogP contribution in [0.25, 0.3) is 0 Å². The highest BCUT2D eigenvalue weighted by Gasteiger charge is 2.12. The molecule has 0 fully saturated rings. The molecule has 96 valence electrons. The molecule has 1 aliphatic heterocycles. The van der Waals surface area contributed by atoms with Crippen molar-refractivity contribution in [3.8, 4) is 5.75 Å². The van der Waals surface area contributed by atoms with Crippen LogP contribution in [0.5, 0.6) is 5.75 Å². The number of hydrogen-bond acceptors (Lipinski definition) is 4. The zero-order valence-corrected chi connectivity index (χ0v) is 10.4. The van der Waals surface area contributed by atoms with Crippen molar-refractivity contribution in [3.63, 3.8) is 0 Å². The minimum atomic E-state index is -0.150. The van der Waals surface area contributed by atoms with E-state index in [1.165, 1.54) is 0 Å². The second-order valence-corrected chi connectivity index (χ2v) is 3.97. The van der Waals surface area contributed by atoms with Gasteiger partial charge in [0.1, 0.15) is 11.6 Å². The number of likely N-dealkylation sites (N-methyl/N-ethyl adjacent to an activating group) is 1. The Balaban J connectivity index is 2.14. The molecule has 2 N–H and O–H groups in total. The van der Waals surface area contributed by atoms with Gasteiger partial charge in [-0.1, -0.05) is 12.1 Å². The highest BCUT2D eigenvalue weighted by atomic mass is 16.5. The second kappa shape index (κ2) is 6.05. The molecule has 18 heavy (non-hydrogen) atoms. The summed E-state index contributed by atoms with van der Waals surface area (Å²) in [5.41, 5.74) is 0.904. The molecule has 0 saturated heterocycles. The third kappa shape index (κ3) is 3.00. The first-order valence-corrected chi connectivity index (χ1v) is 6.02. The molecular weight excluding hydrogens is 230 g/mol. The number of amidine groups is 1. The van der Waals surface area contributed by atoms with Crippen molar-refractivity contribution in [1.29, 1.82) is 0 Å². The van der Waals surface area contributed by atoms with Crippen LogP contribution in [-0.4, -0.2) is 38.5 Å². The summed E-state index contributed by atoms with van der Waals surface area (Å²) in [6.45, 7) is 1.76. The monoisotopic (exact) mass is 247 g/mol. The largest absolute Gasteiger partial charge is 0.483 e. The van der Waals surface area contributed by atoms with Crippen LogP contribution >= 0.6 is 0 Å². The number of benzene rings is 1. The van der Waals surface area contributed by atoms with Gasteiger partial charge in [0.2, 0.25) is 0 Å². The fourth-order valence-electron chi connectivity index (χ4n) is 1.72. The van der Waals surface area contributed by atoms with Crippen molar-refractivity contribution in [2.75, 3.05) is 26.7 Å². The number of aliphatic imine (C=N–C) groups is 1. The molecule has 0 radical (unpaired) electrons. The van der Waals surface area contributed by atoms with Crippen molar-refractivity contribution in [2.24, 2.45) is 4.99 Å². The quantitative estimate of drug-likeness (QED) is 0.817. The average Bonchev–Trinajstić information content (AvgIpc) is 2.46. The van der Waals surface area contributed by atoms with Gasteiger partial charge in [0.05, 0.1) is 5.56 Å². The van der Waals surface area contributed by atoms with E-state index in [2.05, 4.69) is 15.6 Å². The third-order valence-electron chi connectivity index (χ3n) is 2.68. The van der Waals surface area contributed by atoms with E-state index in [-0.39, 0.29) is 12.5 Å².